The molecule has 0 amide bonds. The summed E-state index contributed by atoms with van der Waals surface area (Å²) in [5.74, 6) is 0. The van der Waals surface area contributed by atoms with Crippen molar-refractivity contribution in [1.82, 2.24) is 0 Å². The average molecular weight is 534 g/mol. The molecular weight excluding hydrogens is 514 g/mol. The third-order valence-electron chi connectivity index (χ3n) is 5.68. The van der Waals surface area contributed by atoms with E-state index in [1.807, 2.05) is 60.7 Å². The number of nitrogens with one attached hydrogen (secondary N) is 1. The van der Waals surface area contributed by atoms with Crippen molar-refractivity contribution in [3.63, 3.8) is 0 Å². The van der Waals surface area contributed by atoms with E-state index >= 15 is 0 Å². The molecule has 186 valence electrons. The molecule has 5 aromatic rings. The fraction of sp³-hybridized carbons (Fsp3) is 0. The zero-order valence-corrected chi connectivity index (χ0v) is 20.6. The molecule has 3 N–H and O–H groups in total. The standard InChI is InChI=1S/C26H19N3O6S2/c30-36(31,32)20-11-10-17-16-26(37(33,34)35)25(15-18(17)14-20)29-28-24-13-12-23(21-8-4-5-9-22(21)24)27-19-6-2-1-3-7-19/h1-16,27H,(H,30,31,32)(H,33,34,35). The molecule has 5 aromatic carbocycles. The lowest BCUT2D eigenvalue weighted by Gasteiger charge is -2.11. The van der Waals surface area contributed by atoms with E-state index in [1.165, 1.54) is 18.2 Å². The van der Waals surface area contributed by atoms with Crippen LogP contribution in [0.5, 0.6) is 0 Å². The maximum absolute atomic E-state index is 12.1. The van der Waals surface area contributed by atoms with Crippen molar-refractivity contribution in [3.05, 3.63) is 97.1 Å². The first-order valence-corrected chi connectivity index (χ1v) is 13.8. The van der Waals surface area contributed by atoms with E-state index in [2.05, 4.69) is 15.5 Å². The van der Waals surface area contributed by atoms with E-state index in [1.54, 1.807) is 6.07 Å². The Hall–Kier alpha value is -4.16. The quantitative estimate of drug-likeness (QED) is 0.164. The lowest BCUT2D eigenvalue weighted by atomic mass is 10.1. The van der Waals surface area contributed by atoms with E-state index in [4.69, 9.17) is 0 Å². The van der Waals surface area contributed by atoms with Crippen LogP contribution in [0.3, 0.4) is 0 Å². The summed E-state index contributed by atoms with van der Waals surface area (Å²) in [6.07, 6.45) is 0. The lowest BCUT2D eigenvalue weighted by molar-refractivity contribution is 0.481. The molecule has 0 aliphatic heterocycles. The molecule has 0 heterocycles. The van der Waals surface area contributed by atoms with Gasteiger partial charge >= 0.3 is 0 Å². The summed E-state index contributed by atoms with van der Waals surface area (Å²) in [5.41, 5.74) is 1.99. The molecule has 11 heteroatoms. The predicted octanol–water partition coefficient (Wildman–Crippen LogP) is 6.65. The number of fused-ring (bicyclic) bond motifs is 2. The summed E-state index contributed by atoms with van der Waals surface area (Å²) in [6.45, 7) is 0. The first-order valence-electron chi connectivity index (χ1n) is 10.9. The number of benzene rings is 5. The Morgan fingerprint density at radius 1 is 0.595 bits per heavy atom. The maximum atomic E-state index is 12.1. The van der Waals surface area contributed by atoms with Crippen LogP contribution in [0.25, 0.3) is 21.5 Å². The minimum absolute atomic E-state index is 0.196. The Morgan fingerprint density at radius 2 is 1.27 bits per heavy atom. The Morgan fingerprint density at radius 3 is 1.97 bits per heavy atom. The van der Waals surface area contributed by atoms with E-state index in [-0.39, 0.29) is 16.0 Å². The van der Waals surface area contributed by atoms with Crippen molar-refractivity contribution in [2.24, 2.45) is 10.2 Å². The second-order valence-electron chi connectivity index (χ2n) is 8.15. The van der Waals surface area contributed by atoms with Crippen molar-refractivity contribution in [3.8, 4) is 0 Å². The number of para-hydroxylation sites is 1. The molecule has 0 spiro atoms. The van der Waals surface area contributed by atoms with Crippen LogP contribution in [0, 0.1) is 0 Å². The molecule has 0 aliphatic carbocycles. The van der Waals surface area contributed by atoms with Gasteiger partial charge in [-0.3, -0.25) is 9.11 Å². The van der Waals surface area contributed by atoms with E-state index in [0.29, 0.717) is 11.1 Å². The lowest BCUT2D eigenvalue weighted by Crippen LogP contribution is -2.00. The predicted molar refractivity (Wildman–Crippen MR) is 141 cm³/mol. The molecule has 0 saturated carbocycles. The Labute approximate surface area is 212 Å². The van der Waals surface area contributed by atoms with Crippen molar-refractivity contribution in [1.29, 1.82) is 0 Å². The van der Waals surface area contributed by atoms with Crippen LogP contribution < -0.4 is 5.32 Å². The number of hydrogen-bond acceptors (Lipinski definition) is 7. The summed E-state index contributed by atoms with van der Waals surface area (Å²) in [7, 11) is -9.16. The molecule has 9 nitrogen and oxygen atoms in total. The highest BCUT2D eigenvalue weighted by molar-refractivity contribution is 7.86. The molecule has 0 aromatic heterocycles. The minimum Gasteiger partial charge on any atom is -0.355 e. The normalized spacial score (nSPS) is 12.4. The molecule has 0 unspecified atom stereocenters. The molecular formula is C26H19N3O6S2. The zero-order chi connectivity index (χ0) is 26.2. The second kappa shape index (κ2) is 9.37. The third-order valence-corrected chi connectivity index (χ3v) is 7.42. The smallest absolute Gasteiger partial charge is 0.296 e. The van der Waals surface area contributed by atoms with Crippen LogP contribution in [0.1, 0.15) is 0 Å². The van der Waals surface area contributed by atoms with E-state index in [9.17, 15) is 25.9 Å². The number of nitrogens with zero attached hydrogens (tertiary/aromatic N) is 2. The second-order valence-corrected chi connectivity index (χ2v) is 11.0. The molecule has 0 radical (unpaired) electrons. The highest BCUT2D eigenvalue weighted by Gasteiger charge is 2.19. The van der Waals surface area contributed by atoms with Gasteiger partial charge in [0, 0.05) is 22.1 Å². The monoisotopic (exact) mass is 533 g/mol. The maximum Gasteiger partial charge on any atom is 0.296 e. The molecule has 37 heavy (non-hydrogen) atoms. The van der Waals surface area contributed by atoms with E-state index < -0.39 is 25.1 Å². The highest BCUT2D eigenvalue weighted by Crippen LogP contribution is 2.36. The SMILES string of the molecule is O=S(=O)(O)c1ccc2cc(S(=O)(=O)O)c(N=Nc3ccc(Nc4ccccc4)c4ccccc34)cc2c1. The Balaban J connectivity index is 1.62. The Kier molecular flexibility index (Phi) is 6.21. The molecule has 5 rings (SSSR count). The van der Waals surface area contributed by atoms with Gasteiger partial charge in [0.25, 0.3) is 20.2 Å². The van der Waals surface area contributed by atoms with Gasteiger partial charge in [-0.05, 0) is 59.3 Å². The van der Waals surface area contributed by atoms with Crippen molar-refractivity contribution in [2.75, 3.05) is 5.32 Å². The van der Waals surface area contributed by atoms with E-state index in [0.717, 1.165) is 34.3 Å². The van der Waals surface area contributed by atoms with Crippen molar-refractivity contribution < 1.29 is 25.9 Å². The first kappa shape index (κ1) is 24.5. The fourth-order valence-corrected chi connectivity index (χ4v) is 5.11. The van der Waals surface area contributed by atoms with Gasteiger partial charge in [-0.1, -0.05) is 48.5 Å². The molecule has 0 bridgehead atoms. The van der Waals surface area contributed by atoms with Crippen LogP contribution in [0.15, 0.2) is 117 Å². The topological polar surface area (TPSA) is 145 Å². The van der Waals surface area contributed by atoms with Gasteiger partial charge in [0.05, 0.1) is 10.6 Å². The molecule has 0 atom stereocenters. The molecule has 0 fully saturated rings. The summed E-state index contributed by atoms with van der Waals surface area (Å²) in [6, 6.07) is 26.7. The largest absolute Gasteiger partial charge is 0.355 e. The summed E-state index contributed by atoms with van der Waals surface area (Å²) >= 11 is 0. The first-order chi connectivity index (χ1) is 17.6. The number of hydrogen-bond donors (Lipinski definition) is 3. The van der Waals surface area contributed by atoms with Crippen LogP contribution in [-0.4, -0.2) is 25.9 Å². The van der Waals surface area contributed by atoms with Crippen molar-refractivity contribution >= 4 is 64.5 Å². The van der Waals surface area contributed by atoms with Gasteiger partial charge in [-0.2, -0.15) is 16.8 Å². The summed E-state index contributed by atoms with van der Waals surface area (Å²) in [5, 5.41) is 13.9. The molecule has 0 aliphatic rings. The number of rotatable bonds is 6. The molecule has 0 saturated heterocycles. The minimum atomic E-state index is -4.68. The van der Waals surface area contributed by atoms with Gasteiger partial charge < -0.3 is 5.32 Å². The van der Waals surface area contributed by atoms with Gasteiger partial charge in [0.15, 0.2) is 0 Å². The van der Waals surface area contributed by atoms with Crippen LogP contribution >= 0.6 is 0 Å². The Bertz CT molecular complexity index is 1910. The number of anilines is 2. The number of azo groups is 1. The summed E-state index contributed by atoms with van der Waals surface area (Å²) < 4.78 is 66.4. The van der Waals surface area contributed by atoms with Gasteiger partial charge in [-0.25, -0.2) is 0 Å². The van der Waals surface area contributed by atoms with Gasteiger partial charge in [0.1, 0.15) is 10.6 Å². The van der Waals surface area contributed by atoms with Gasteiger partial charge in [-0.15, -0.1) is 10.2 Å². The zero-order valence-electron chi connectivity index (χ0n) is 19.0. The van der Waals surface area contributed by atoms with Crippen molar-refractivity contribution in [2.45, 2.75) is 9.79 Å². The van der Waals surface area contributed by atoms with Gasteiger partial charge in [0.2, 0.25) is 0 Å². The van der Waals surface area contributed by atoms with Crippen LogP contribution in [0.4, 0.5) is 22.7 Å². The van der Waals surface area contributed by atoms with Crippen LogP contribution in [0.2, 0.25) is 0 Å². The fourth-order valence-electron chi connectivity index (χ4n) is 3.95. The summed E-state index contributed by atoms with van der Waals surface area (Å²) in [4.78, 5) is -0.856. The highest BCUT2D eigenvalue weighted by atomic mass is 32.2. The average Bonchev–Trinajstić information content (AvgIpc) is 2.87. The third kappa shape index (κ3) is 5.20. The van der Waals surface area contributed by atoms with Crippen LogP contribution in [-0.2, 0) is 20.2 Å².